The molecule has 0 radical (unpaired) electrons. The number of nitrogens with one attached hydrogen (secondary N) is 1. The fraction of sp³-hybridized carbons (Fsp3) is 0.800. The van der Waals surface area contributed by atoms with Crippen molar-refractivity contribution in [2.24, 2.45) is 5.73 Å². The summed E-state index contributed by atoms with van der Waals surface area (Å²) >= 11 is 0. The molecule has 0 aliphatic rings. The molecule has 0 unspecified atom stereocenters. The van der Waals surface area contributed by atoms with Crippen molar-refractivity contribution in [3.63, 3.8) is 0 Å². The Kier molecular flexibility index (Phi) is 8.46. The Morgan fingerprint density at radius 3 is 2.62 bits per heavy atom. The summed E-state index contributed by atoms with van der Waals surface area (Å²) in [6.07, 6.45) is 0.300. The molecule has 0 saturated heterocycles. The lowest BCUT2D eigenvalue weighted by Gasteiger charge is -2.18. The van der Waals surface area contributed by atoms with Gasteiger partial charge in [0, 0.05) is 19.6 Å². The van der Waals surface area contributed by atoms with Gasteiger partial charge in [-0.3, -0.25) is 14.5 Å². The van der Waals surface area contributed by atoms with E-state index in [-0.39, 0.29) is 18.4 Å². The second-order valence-electron chi connectivity index (χ2n) is 3.33. The number of nitrogens with two attached hydrogens (primary N) is 1. The van der Waals surface area contributed by atoms with Crippen LogP contribution in [0.25, 0.3) is 0 Å². The number of carbonyl (C=O) groups excluding carboxylic acids is 2. The zero-order valence-electron chi connectivity index (χ0n) is 9.99. The number of rotatable bonds is 8. The largest absolute Gasteiger partial charge is 0.469 e. The highest BCUT2D eigenvalue weighted by Crippen LogP contribution is 1.92. The summed E-state index contributed by atoms with van der Waals surface area (Å²) in [5.74, 6) is -0.335. The van der Waals surface area contributed by atoms with Crippen LogP contribution in [0.4, 0.5) is 0 Å². The van der Waals surface area contributed by atoms with Crippen molar-refractivity contribution in [3.05, 3.63) is 0 Å². The predicted molar refractivity (Wildman–Crippen MR) is 60.8 cm³/mol. The van der Waals surface area contributed by atoms with Gasteiger partial charge in [0.25, 0.3) is 0 Å². The molecule has 0 atom stereocenters. The van der Waals surface area contributed by atoms with Crippen LogP contribution in [0.1, 0.15) is 13.3 Å². The normalized spacial score (nSPS) is 10.2. The maximum Gasteiger partial charge on any atom is 0.306 e. The van der Waals surface area contributed by atoms with E-state index >= 15 is 0 Å². The molecule has 0 saturated carbocycles. The van der Waals surface area contributed by atoms with Gasteiger partial charge < -0.3 is 15.8 Å². The van der Waals surface area contributed by atoms with Gasteiger partial charge in [-0.1, -0.05) is 6.92 Å². The number of hydrogen-bond donors (Lipinski definition) is 2. The van der Waals surface area contributed by atoms with Crippen LogP contribution < -0.4 is 11.1 Å². The van der Waals surface area contributed by atoms with E-state index in [4.69, 9.17) is 5.73 Å². The Balaban J connectivity index is 3.81. The number of carbonyl (C=O) groups is 2. The predicted octanol–water partition coefficient (Wildman–Crippen LogP) is -1.05. The van der Waals surface area contributed by atoms with Crippen molar-refractivity contribution in [1.29, 1.82) is 0 Å². The molecule has 0 aliphatic heterocycles. The molecule has 1 amide bonds. The number of likely N-dealkylation sites (N-methyl/N-ethyl adjacent to an activating group) is 1. The van der Waals surface area contributed by atoms with E-state index in [2.05, 4.69) is 10.1 Å². The minimum Gasteiger partial charge on any atom is -0.469 e. The van der Waals surface area contributed by atoms with Crippen LogP contribution in [0.3, 0.4) is 0 Å². The van der Waals surface area contributed by atoms with E-state index in [9.17, 15) is 9.59 Å². The van der Waals surface area contributed by atoms with Gasteiger partial charge in [-0.25, -0.2) is 0 Å². The molecular formula is C10H21N3O3. The Bertz CT molecular complexity index is 221. The molecule has 0 spiro atoms. The van der Waals surface area contributed by atoms with E-state index < -0.39 is 0 Å². The molecule has 6 nitrogen and oxygen atoms in total. The third-order valence-corrected chi connectivity index (χ3v) is 2.14. The molecule has 0 aromatic heterocycles. The van der Waals surface area contributed by atoms with Gasteiger partial charge in [0.15, 0.2) is 0 Å². The smallest absolute Gasteiger partial charge is 0.306 e. The third-order valence-electron chi connectivity index (χ3n) is 2.14. The lowest BCUT2D eigenvalue weighted by molar-refractivity contribution is -0.141. The van der Waals surface area contributed by atoms with Crippen molar-refractivity contribution >= 4 is 11.9 Å². The minimum absolute atomic E-state index is 0.0721. The SMILES string of the molecule is CCN(CCC(=O)OC)CC(=O)NCCN. The van der Waals surface area contributed by atoms with Gasteiger partial charge in [-0.05, 0) is 6.54 Å². The number of esters is 1. The first-order chi connectivity index (χ1) is 7.63. The Morgan fingerprint density at radius 2 is 2.12 bits per heavy atom. The van der Waals surface area contributed by atoms with Crippen molar-refractivity contribution < 1.29 is 14.3 Å². The molecule has 0 fully saturated rings. The highest BCUT2D eigenvalue weighted by Gasteiger charge is 2.10. The Hall–Kier alpha value is -1.14. The zero-order chi connectivity index (χ0) is 12.4. The highest BCUT2D eigenvalue weighted by molar-refractivity contribution is 5.78. The Labute approximate surface area is 96.1 Å². The summed E-state index contributed by atoms with van der Waals surface area (Å²) in [4.78, 5) is 24.2. The van der Waals surface area contributed by atoms with Crippen molar-refractivity contribution in [3.8, 4) is 0 Å². The number of hydrogen-bond acceptors (Lipinski definition) is 5. The van der Waals surface area contributed by atoms with Gasteiger partial charge >= 0.3 is 5.97 Å². The van der Waals surface area contributed by atoms with E-state index in [0.29, 0.717) is 32.6 Å². The first-order valence-corrected chi connectivity index (χ1v) is 5.40. The van der Waals surface area contributed by atoms with Gasteiger partial charge in [-0.15, -0.1) is 0 Å². The summed E-state index contributed by atoms with van der Waals surface area (Å²) in [5, 5.41) is 2.68. The number of amides is 1. The minimum atomic E-state index is -0.263. The maximum atomic E-state index is 11.4. The van der Waals surface area contributed by atoms with Crippen LogP contribution in [0, 0.1) is 0 Å². The second-order valence-corrected chi connectivity index (χ2v) is 3.33. The molecule has 0 heterocycles. The summed E-state index contributed by atoms with van der Waals surface area (Å²) in [5.41, 5.74) is 5.27. The summed E-state index contributed by atoms with van der Waals surface area (Å²) < 4.78 is 4.53. The van der Waals surface area contributed by atoms with E-state index in [1.165, 1.54) is 7.11 Å². The number of nitrogens with zero attached hydrogens (tertiary/aromatic N) is 1. The van der Waals surface area contributed by atoms with Crippen LogP contribution in [0.2, 0.25) is 0 Å². The molecular weight excluding hydrogens is 210 g/mol. The Morgan fingerprint density at radius 1 is 1.44 bits per heavy atom. The molecule has 0 rings (SSSR count). The monoisotopic (exact) mass is 231 g/mol. The molecule has 3 N–H and O–H groups in total. The van der Waals surface area contributed by atoms with Gasteiger partial charge in [0.05, 0.1) is 20.1 Å². The van der Waals surface area contributed by atoms with Crippen LogP contribution in [0.15, 0.2) is 0 Å². The zero-order valence-corrected chi connectivity index (χ0v) is 9.99. The standard InChI is InChI=1S/C10H21N3O3/c1-3-13(7-4-10(15)16-2)8-9(14)12-6-5-11/h3-8,11H2,1-2H3,(H,12,14). The second kappa shape index (κ2) is 9.11. The topological polar surface area (TPSA) is 84.7 Å². The molecule has 0 bridgehead atoms. The van der Waals surface area contributed by atoms with Crippen molar-refractivity contribution in [1.82, 2.24) is 10.2 Å². The fourth-order valence-electron chi connectivity index (χ4n) is 1.17. The van der Waals surface area contributed by atoms with Crippen LogP contribution in [-0.2, 0) is 14.3 Å². The molecule has 0 aromatic rings. The van der Waals surface area contributed by atoms with Crippen LogP contribution >= 0.6 is 0 Å². The third kappa shape index (κ3) is 7.19. The molecule has 6 heteroatoms. The van der Waals surface area contributed by atoms with Crippen molar-refractivity contribution in [2.75, 3.05) is 39.8 Å². The van der Waals surface area contributed by atoms with Crippen LogP contribution in [0.5, 0.6) is 0 Å². The quantitative estimate of drug-likeness (QED) is 0.520. The maximum absolute atomic E-state index is 11.4. The molecule has 16 heavy (non-hydrogen) atoms. The molecule has 94 valence electrons. The fourth-order valence-corrected chi connectivity index (χ4v) is 1.17. The summed E-state index contributed by atoms with van der Waals surface area (Å²) in [7, 11) is 1.35. The first kappa shape index (κ1) is 14.9. The van der Waals surface area contributed by atoms with E-state index in [0.717, 1.165) is 0 Å². The van der Waals surface area contributed by atoms with Gasteiger partial charge in [0.2, 0.25) is 5.91 Å². The number of ether oxygens (including phenoxy) is 1. The average Bonchev–Trinajstić information content (AvgIpc) is 2.31. The molecule has 0 aromatic carbocycles. The first-order valence-electron chi connectivity index (χ1n) is 5.40. The van der Waals surface area contributed by atoms with E-state index in [1.54, 1.807) is 0 Å². The summed E-state index contributed by atoms with van der Waals surface area (Å²) in [6, 6.07) is 0. The summed E-state index contributed by atoms with van der Waals surface area (Å²) in [6.45, 7) is 4.38. The van der Waals surface area contributed by atoms with Gasteiger partial charge in [0.1, 0.15) is 0 Å². The van der Waals surface area contributed by atoms with E-state index in [1.807, 2.05) is 11.8 Å². The molecule has 0 aliphatic carbocycles. The van der Waals surface area contributed by atoms with Crippen molar-refractivity contribution in [2.45, 2.75) is 13.3 Å². The lowest BCUT2D eigenvalue weighted by atomic mass is 10.3. The highest BCUT2D eigenvalue weighted by atomic mass is 16.5. The lowest BCUT2D eigenvalue weighted by Crippen LogP contribution is -2.39. The van der Waals surface area contributed by atoms with Gasteiger partial charge in [-0.2, -0.15) is 0 Å². The average molecular weight is 231 g/mol. The number of methoxy groups -OCH3 is 1. The van der Waals surface area contributed by atoms with Crippen LogP contribution in [-0.4, -0.2) is 56.6 Å².